The van der Waals surface area contributed by atoms with E-state index in [0.29, 0.717) is 9.75 Å². The highest BCUT2D eigenvalue weighted by atomic mass is 32.2. The van der Waals surface area contributed by atoms with E-state index in [2.05, 4.69) is 0 Å². The topological polar surface area (TPSA) is 34.1 Å². The summed E-state index contributed by atoms with van der Waals surface area (Å²) in [4.78, 5) is 24.8. The Balaban J connectivity index is 2.20. The number of thioether (sulfide) groups is 1. The van der Waals surface area contributed by atoms with Crippen molar-refractivity contribution in [2.45, 2.75) is 18.7 Å². The van der Waals surface area contributed by atoms with E-state index in [1.807, 2.05) is 32.0 Å². The van der Waals surface area contributed by atoms with E-state index in [0.717, 1.165) is 22.3 Å². The van der Waals surface area contributed by atoms with E-state index < -0.39 is 0 Å². The van der Waals surface area contributed by atoms with Crippen molar-refractivity contribution in [1.82, 2.24) is 0 Å². The summed E-state index contributed by atoms with van der Waals surface area (Å²) in [5.41, 5.74) is 2.22. The second-order valence-corrected chi connectivity index (χ2v) is 6.11. The van der Waals surface area contributed by atoms with Crippen LogP contribution in [0.4, 0.5) is 0 Å². The Morgan fingerprint density at radius 3 is 2.67 bits per heavy atom. The Morgan fingerprint density at radius 2 is 2.00 bits per heavy atom. The van der Waals surface area contributed by atoms with E-state index in [4.69, 9.17) is 0 Å². The molecule has 0 spiro atoms. The summed E-state index contributed by atoms with van der Waals surface area (Å²) in [5.74, 6) is 0. The molecule has 1 aromatic heterocycles. The fourth-order valence-electron chi connectivity index (χ4n) is 1.49. The molecule has 0 bridgehead atoms. The molecule has 18 heavy (non-hydrogen) atoms. The lowest BCUT2D eigenvalue weighted by molar-refractivity contribution is 0.109. The number of hydrogen-bond acceptors (Lipinski definition) is 4. The molecule has 0 aliphatic rings. The van der Waals surface area contributed by atoms with E-state index in [1.54, 1.807) is 12.1 Å². The van der Waals surface area contributed by atoms with Gasteiger partial charge in [0.05, 0.1) is 9.75 Å². The number of hydrogen-bond donors (Lipinski definition) is 0. The normalized spacial score (nSPS) is 10.3. The third-order valence-corrected chi connectivity index (χ3v) is 4.69. The van der Waals surface area contributed by atoms with E-state index in [-0.39, 0.29) is 5.12 Å². The van der Waals surface area contributed by atoms with Crippen molar-refractivity contribution in [2.75, 3.05) is 0 Å². The lowest BCUT2D eigenvalue weighted by Crippen LogP contribution is -1.91. The maximum absolute atomic E-state index is 12.1. The van der Waals surface area contributed by atoms with Gasteiger partial charge in [-0.2, -0.15) is 0 Å². The van der Waals surface area contributed by atoms with Gasteiger partial charge in [0.25, 0.3) is 0 Å². The quantitative estimate of drug-likeness (QED) is 0.625. The van der Waals surface area contributed by atoms with E-state index >= 15 is 0 Å². The molecule has 4 heteroatoms. The highest BCUT2D eigenvalue weighted by molar-refractivity contribution is 8.14. The molecule has 0 fully saturated rings. The van der Waals surface area contributed by atoms with Gasteiger partial charge in [-0.25, -0.2) is 0 Å². The number of thiophene rings is 1. The van der Waals surface area contributed by atoms with Crippen molar-refractivity contribution in [3.05, 3.63) is 51.2 Å². The van der Waals surface area contributed by atoms with Gasteiger partial charge in [-0.1, -0.05) is 12.1 Å². The summed E-state index contributed by atoms with van der Waals surface area (Å²) in [6.07, 6.45) is 0.768. The van der Waals surface area contributed by atoms with Crippen LogP contribution in [-0.2, 0) is 0 Å². The standard InChI is InChI=1S/C14H12O2S2/c1-9-3-4-10(2)13(7-9)18-14(16)12-6-5-11(8-15)17-12/h3-8H,1-2H3. The zero-order chi connectivity index (χ0) is 13.1. The molecule has 0 aliphatic carbocycles. The zero-order valence-corrected chi connectivity index (χ0v) is 11.7. The Bertz CT molecular complexity index is 600. The molecule has 1 heterocycles. The summed E-state index contributed by atoms with van der Waals surface area (Å²) < 4.78 is 0. The summed E-state index contributed by atoms with van der Waals surface area (Å²) in [5, 5.41) is -0.0122. The highest BCUT2D eigenvalue weighted by Gasteiger charge is 2.12. The molecule has 2 aromatic rings. The minimum atomic E-state index is -0.0122. The summed E-state index contributed by atoms with van der Waals surface area (Å²) in [6.45, 7) is 3.99. The van der Waals surface area contributed by atoms with Crippen LogP contribution in [0.25, 0.3) is 0 Å². The number of carbonyl (C=O) groups is 2. The predicted molar refractivity (Wildman–Crippen MR) is 75.8 cm³/mol. The van der Waals surface area contributed by atoms with Crippen LogP contribution < -0.4 is 0 Å². The summed E-state index contributed by atoms with van der Waals surface area (Å²) >= 11 is 2.45. The number of benzene rings is 1. The number of rotatable bonds is 3. The van der Waals surface area contributed by atoms with Crippen molar-refractivity contribution in [3.63, 3.8) is 0 Å². The van der Waals surface area contributed by atoms with Gasteiger partial charge in [0.1, 0.15) is 0 Å². The van der Waals surface area contributed by atoms with Crippen LogP contribution in [0.2, 0.25) is 0 Å². The first-order chi connectivity index (χ1) is 8.60. The Labute approximate surface area is 114 Å². The van der Waals surface area contributed by atoms with Crippen molar-refractivity contribution < 1.29 is 9.59 Å². The second kappa shape index (κ2) is 5.50. The van der Waals surface area contributed by atoms with E-state index in [9.17, 15) is 9.59 Å². The molecule has 0 saturated carbocycles. The molecule has 0 saturated heterocycles. The first-order valence-electron chi connectivity index (χ1n) is 5.44. The van der Waals surface area contributed by atoms with Gasteiger partial charge in [0, 0.05) is 4.90 Å². The molecule has 0 aliphatic heterocycles. The van der Waals surface area contributed by atoms with Crippen LogP contribution in [0, 0.1) is 13.8 Å². The van der Waals surface area contributed by atoms with Crippen LogP contribution in [0.1, 0.15) is 30.5 Å². The molecule has 2 nitrogen and oxygen atoms in total. The molecule has 0 unspecified atom stereocenters. The predicted octanol–water partition coefficient (Wildman–Crippen LogP) is 4.11. The van der Waals surface area contributed by atoms with Crippen molar-refractivity contribution in [2.24, 2.45) is 0 Å². The minimum Gasteiger partial charge on any atom is -0.297 e. The number of aldehydes is 1. The van der Waals surface area contributed by atoms with Gasteiger partial charge < -0.3 is 0 Å². The average Bonchev–Trinajstić information content (AvgIpc) is 2.82. The van der Waals surface area contributed by atoms with Crippen LogP contribution in [0.5, 0.6) is 0 Å². The fraction of sp³-hybridized carbons (Fsp3) is 0.143. The summed E-state index contributed by atoms with van der Waals surface area (Å²) in [6, 6.07) is 9.42. The van der Waals surface area contributed by atoms with Gasteiger partial charge in [-0.05, 0) is 54.9 Å². The average molecular weight is 276 g/mol. The third-order valence-electron chi connectivity index (χ3n) is 2.49. The number of aryl methyl sites for hydroxylation is 2. The Kier molecular flexibility index (Phi) is 3.99. The molecule has 92 valence electrons. The first-order valence-corrected chi connectivity index (χ1v) is 7.08. The molecule has 0 amide bonds. The largest absolute Gasteiger partial charge is 0.297 e. The molecule has 1 aromatic carbocycles. The number of carbonyl (C=O) groups excluding carboxylic acids is 2. The monoisotopic (exact) mass is 276 g/mol. The maximum Gasteiger partial charge on any atom is 0.234 e. The van der Waals surface area contributed by atoms with Gasteiger partial charge in [-0.15, -0.1) is 11.3 Å². The SMILES string of the molecule is Cc1ccc(C)c(SC(=O)c2ccc(C=O)s2)c1. The second-order valence-electron chi connectivity index (χ2n) is 3.98. The lowest BCUT2D eigenvalue weighted by Gasteiger charge is -2.04. The van der Waals surface area contributed by atoms with E-state index in [1.165, 1.54) is 23.1 Å². The van der Waals surface area contributed by atoms with Gasteiger partial charge in [-0.3, -0.25) is 9.59 Å². The zero-order valence-electron chi connectivity index (χ0n) is 10.1. The molecular formula is C14H12O2S2. The highest BCUT2D eigenvalue weighted by Crippen LogP contribution is 2.29. The molecule has 2 rings (SSSR count). The van der Waals surface area contributed by atoms with Crippen molar-refractivity contribution in [1.29, 1.82) is 0 Å². The molecule has 0 radical (unpaired) electrons. The van der Waals surface area contributed by atoms with Crippen LogP contribution in [0.15, 0.2) is 35.2 Å². The summed E-state index contributed by atoms with van der Waals surface area (Å²) in [7, 11) is 0. The minimum absolute atomic E-state index is 0.0122. The van der Waals surface area contributed by atoms with Crippen LogP contribution >= 0.6 is 23.1 Å². The smallest absolute Gasteiger partial charge is 0.234 e. The Morgan fingerprint density at radius 1 is 1.22 bits per heavy atom. The van der Waals surface area contributed by atoms with Gasteiger partial charge in [0.2, 0.25) is 5.12 Å². The first kappa shape index (κ1) is 13.1. The molecule has 0 N–H and O–H groups in total. The van der Waals surface area contributed by atoms with Crippen molar-refractivity contribution >= 4 is 34.5 Å². The van der Waals surface area contributed by atoms with Crippen LogP contribution in [-0.4, -0.2) is 11.4 Å². The molecular weight excluding hydrogens is 264 g/mol. The van der Waals surface area contributed by atoms with Crippen molar-refractivity contribution in [3.8, 4) is 0 Å². The Hall–Kier alpha value is -1.39. The fourth-order valence-corrected chi connectivity index (χ4v) is 3.24. The lowest BCUT2D eigenvalue weighted by atomic mass is 10.2. The van der Waals surface area contributed by atoms with Crippen LogP contribution in [0.3, 0.4) is 0 Å². The maximum atomic E-state index is 12.1. The van der Waals surface area contributed by atoms with Gasteiger partial charge in [0.15, 0.2) is 6.29 Å². The third kappa shape index (κ3) is 2.89. The van der Waals surface area contributed by atoms with Gasteiger partial charge >= 0.3 is 0 Å². The molecule has 0 atom stereocenters.